The molecule has 0 saturated carbocycles. The molecule has 3 aromatic rings. The molecule has 3 N–H and O–H groups in total. The SMILES string of the molecule is O=C(O)c1ccc(C[C@@H](NC(=O)c2ccc3ccccc3n2)C(=O)O)cc1. The van der Waals surface area contributed by atoms with Gasteiger partial charge in [-0.05, 0) is 29.8 Å². The Morgan fingerprint density at radius 1 is 0.926 bits per heavy atom. The average molecular weight is 364 g/mol. The van der Waals surface area contributed by atoms with E-state index in [1.165, 1.54) is 30.3 Å². The van der Waals surface area contributed by atoms with Crippen LogP contribution in [0.1, 0.15) is 26.4 Å². The van der Waals surface area contributed by atoms with Crippen LogP contribution in [-0.2, 0) is 11.2 Å². The van der Waals surface area contributed by atoms with Crippen molar-refractivity contribution in [1.82, 2.24) is 10.3 Å². The summed E-state index contributed by atoms with van der Waals surface area (Å²) in [7, 11) is 0. The molecule has 3 rings (SSSR count). The van der Waals surface area contributed by atoms with Gasteiger partial charge in [0.05, 0.1) is 11.1 Å². The van der Waals surface area contributed by atoms with Gasteiger partial charge in [0.25, 0.3) is 5.91 Å². The Morgan fingerprint density at radius 2 is 1.63 bits per heavy atom. The number of nitrogens with one attached hydrogen (secondary N) is 1. The molecule has 1 heterocycles. The van der Waals surface area contributed by atoms with E-state index in [0.717, 1.165) is 5.39 Å². The van der Waals surface area contributed by atoms with E-state index in [4.69, 9.17) is 5.11 Å². The number of nitrogens with zero attached hydrogens (tertiary/aromatic N) is 1. The average Bonchev–Trinajstić information content (AvgIpc) is 2.67. The van der Waals surface area contributed by atoms with Crippen LogP contribution in [0.3, 0.4) is 0 Å². The largest absolute Gasteiger partial charge is 0.480 e. The molecule has 0 bridgehead atoms. The number of para-hydroxylation sites is 1. The van der Waals surface area contributed by atoms with E-state index in [2.05, 4.69) is 10.3 Å². The summed E-state index contributed by atoms with van der Waals surface area (Å²) in [5.74, 6) is -2.84. The minimum atomic E-state index is -1.19. The molecule has 0 saturated heterocycles. The van der Waals surface area contributed by atoms with Gasteiger partial charge in [0, 0.05) is 11.8 Å². The Hall–Kier alpha value is -3.74. The van der Waals surface area contributed by atoms with Crippen LogP contribution < -0.4 is 5.32 Å². The maximum Gasteiger partial charge on any atom is 0.335 e. The van der Waals surface area contributed by atoms with Crippen molar-refractivity contribution in [3.63, 3.8) is 0 Å². The second-order valence-corrected chi connectivity index (χ2v) is 5.96. The van der Waals surface area contributed by atoms with Crippen molar-refractivity contribution >= 4 is 28.7 Å². The number of benzene rings is 2. The Morgan fingerprint density at radius 3 is 2.30 bits per heavy atom. The maximum atomic E-state index is 12.4. The monoisotopic (exact) mass is 364 g/mol. The van der Waals surface area contributed by atoms with Crippen molar-refractivity contribution in [2.45, 2.75) is 12.5 Å². The number of carbonyl (C=O) groups excluding carboxylic acids is 1. The lowest BCUT2D eigenvalue weighted by atomic mass is 10.0. The summed E-state index contributed by atoms with van der Waals surface area (Å²) in [6.45, 7) is 0. The fourth-order valence-electron chi connectivity index (χ4n) is 2.64. The van der Waals surface area contributed by atoms with Crippen LogP contribution in [0.2, 0.25) is 0 Å². The molecule has 0 aliphatic rings. The molecule has 136 valence electrons. The molecular weight excluding hydrogens is 348 g/mol. The minimum absolute atomic E-state index is 0.0224. The Labute approximate surface area is 154 Å². The van der Waals surface area contributed by atoms with Gasteiger partial charge in [-0.25, -0.2) is 14.6 Å². The zero-order valence-corrected chi connectivity index (χ0v) is 14.1. The molecule has 0 unspecified atom stereocenters. The second-order valence-electron chi connectivity index (χ2n) is 5.96. The third-order valence-electron chi connectivity index (χ3n) is 4.08. The van der Waals surface area contributed by atoms with Crippen LogP contribution in [0.25, 0.3) is 10.9 Å². The van der Waals surface area contributed by atoms with Gasteiger partial charge in [-0.3, -0.25) is 4.79 Å². The summed E-state index contributed by atoms with van der Waals surface area (Å²) in [4.78, 5) is 39.1. The van der Waals surface area contributed by atoms with Crippen LogP contribution in [0, 0.1) is 0 Å². The van der Waals surface area contributed by atoms with Gasteiger partial charge < -0.3 is 15.5 Å². The highest BCUT2D eigenvalue weighted by Crippen LogP contribution is 2.12. The van der Waals surface area contributed by atoms with Gasteiger partial charge >= 0.3 is 11.9 Å². The van der Waals surface area contributed by atoms with E-state index in [9.17, 15) is 19.5 Å². The zero-order valence-electron chi connectivity index (χ0n) is 14.1. The molecule has 0 aliphatic heterocycles. The number of aromatic carboxylic acids is 1. The summed E-state index contributed by atoms with van der Waals surface area (Å²) in [6.07, 6.45) is 0.0224. The molecule has 1 aromatic heterocycles. The van der Waals surface area contributed by atoms with Crippen LogP contribution in [0.15, 0.2) is 60.7 Å². The summed E-state index contributed by atoms with van der Waals surface area (Å²) in [5, 5.41) is 21.7. The number of carboxylic acid groups (broad SMARTS) is 2. The van der Waals surface area contributed by atoms with E-state index in [1.54, 1.807) is 18.2 Å². The predicted octanol–water partition coefficient (Wildman–Crippen LogP) is 2.36. The molecule has 0 spiro atoms. The van der Waals surface area contributed by atoms with Crippen molar-refractivity contribution in [1.29, 1.82) is 0 Å². The number of aliphatic carboxylic acids is 1. The third-order valence-corrected chi connectivity index (χ3v) is 4.08. The lowest BCUT2D eigenvalue weighted by Gasteiger charge is -2.14. The maximum absolute atomic E-state index is 12.4. The first kappa shape index (κ1) is 18.1. The van der Waals surface area contributed by atoms with Crippen molar-refractivity contribution in [2.75, 3.05) is 0 Å². The molecule has 2 aromatic carbocycles. The summed E-state index contributed by atoms with van der Waals surface area (Å²) < 4.78 is 0. The number of hydrogen-bond donors (Lipinski definition) is 3. The van der Waals surface area contributed by atoms with Crippen molar-refractivity contribution in [2.24, 2.45) is 0 Å². The molecule has 0 fully saturated rings. The molecule has 27 heavy (non-hydrogen) atoms. The smallest absolute Gasteiger partial charge is 0.335 e. The fourth-order valence-corrected chi connectivity index (χ4v) is 2.64. The first-order valence-electron chi connectivity index (χ1n) is 8.16. The number of rotatable bonds is 6. The number of pyridine rings is 1. The Kier molecular flexibility index (Phi) is 5.12. The van der Waals surface area contributed by atoms with Gasteiger partial charge in [-0.15, -0.1) is 0 Å². The van der Waals surface area contributed by atoms with Crippen molar-refractivity contribution in [3.8, 4) is 0 Å². The van der Waals surface area contributed by atoms with E-state index in [1.807, 2.05) is 12.1 Å². The predicted molar refractivity (Wildman–Crippen MR) is 97.7 cm³/mol. The van der Waals surface area contributed by atoms with Crippen molar-refractivity contribution < 1.29 is 24.6 Å². The van der Waals surface area contributed by atoms with Crippen molar-refractivity contribution in [3.05, 3.63) is 77.5 Å². The van der Waals surface area contributed by atoms with E-state index >= 15 is 0 Å². The van der Waals surface area contributed by atoms with E-state index in [0.29, 0.717) is 11.1 Å². The molecule has 1 amide bonds. The van der Waals surface area contributed by atoms with Gasteiger partial charge in [0.1, 0.15) is 11.7 Å². The number of aromatic nitrogens is 1. The molecule has 0 radical (unpaired) electrons. The standard InChI is InChI=1S/C20H16N2O5/c23-18(16-10-9-13-3-1-2-4-15(13)21-16)22-17(20(26)27)11-12-5-7-14(8-6-12)19(24)25/h1-10,17H,11H2,(H,22,23)(H,24,25)(H,26,27)/t17-/m1/s1. The summed E-state index contributed by atoms with van der Waals surface area (Å²) >= 11 is 0. The molecule has 7 heteroatoms. The first-order chi connectivity index (χ1) is 12.9. The zero-order chi connectivity index (χ0) is 19.4. The molecule has 1 atom stereocenters. The summed E-state index contributed by atoms with van der Waals surface area (Å²) in [6, 6.07) is 15.3. The number of amides is 1. The lowest BCUT2D eigenvalue weighted by molar-refractivity contribution is -0.139. The molecular formula is C20H16N2O5. The second kappa shape index (κ2) is 7.65. The van der Waals surface area contributed by atoms with E-state index in [-0.39, 0.29) is 17.7 Å². The Bertz CT molecular complexity index is 1010. The third kappa shape index (κ3) is 4.27. The number of carbonyl (C=O) groups is 3. The highest BCUT2D eigenvalue weighted by molar-refractivity contribution is 5.97. The molecule has 0 aliphatic carbocycles. The van der Waals surface area contributed by atoms with Crippen LogP contribution in [0.4, 0.5) is 0 Å². The quantitative estimate of drug-likeness (QED) is 0.618. The van der Waals surface area contributed by atoms with Crippen LogP contribution in [-0.4, -0.2) is 39.1 Å². The van der Waals surface area contributed by atoms with E-state index < -0.39 is 23.9 Å². The van der Waals surface area contributed by atoms with Gasteiger partial charge in [-0.1, -0.05) is 36.4 Å². The normalized spacial score (nSPS) is 11.7. The number of fused-ring (bicyclic) bond motifs is 1. The fraction of sp³-hybridized carbons (Fsp3) is 0.100. The van der Waals surface area contributed by atoms with Gasteiger partial charge in [0.15, 0.2) is 0 Å². The number of hydrogen-bond acceptors (Lipinski definition) is 4. The van der Waals surface area contributed by atoms with Crippen LogP contribution >= 0.6 is 0 Å². The lowest BCUT2D eigenvalue weighted by Crippen LogP contribution is -2.42. The Balaban J connectivity index is 1.75. The molecule has 7 nitrogen and oxygen atoms in total. The summed E-state index contributed by atoms with van der Waals surface area (Å²) in [5.41, 5.74) is 1.47. The first-order valence-corrected chi connectivity index (χ1v) is 8.16. The van der Waals surface area contributed by atoms with Crippen LogP contribution in [0.5, 0.6) is 0 Å². The highest BCUT2D eigenvalue weighted by Gasteiger charge is 2.22. The number of carboxylic acids is 2. The highest BCUT2D eigenvalue weighted by atomic mass is 16.4. The van der Waals surface area contributed by atoms with Gasteiger partial charge in [-0.2, -0.15) is 0 Å². The van der Waals surface area contributed by atoms with Gasteiger partial charge in [0.2, 0.25) is 0 Å². The topological polar surface area (TPSA) is 117 Å². The minimum Gasteiger partial charge on any atom is -0.480 e.